The highest BCUT2D eigenvalue weighted by Crippen LogP contribution is 2.61. The van der Waals surface area contributed by atoms with Crippen LogP contribution in [0.4, 0.5) is 0 Å². The number of cyclic esters (lactones) is 3. The topological polar surface area (TPSA) is 888 Å². The molecule has 0 radical (unpaired) electrons. The van der Waals surface area contributed by atoms with Crippen molar-refractivity contribution in [3.63, 3.8) is 0 Å². The minimum atomic E-state index is -3.15. The molecule has 6 aliphatic rings. The maximum atomic E-state index is 15.6. The molecule has 10 atom stereocenters. The van der Waals surface area contributed by atoms with Crippen LogP contribution in [0.3, 0.4) is 0 Å². The van der Waals surface area contributed by atoms with Crippen LogP contribution >= 0.6 is 0 Å². The lowest BCUT2D eigenvalue weighted by atomic mass is 9.82. The van der Waals surface area contributed by atoms with Crippen molar-refractivity contribution in [3.05, 3.63) is 134 Å². The zero-order valence-electron chi connectivity index (χ0n) is 65.5. The van der Waals surface area contributed by atoms with Crippen molar-refractivity contribution in [1.82, 2.24) is 0 Å². The van der Waals surface area contributed by atoms with Crippen molar-refractivity contribution >= 4 is 59.7 Å². The van der Waals surface area contributed by atoms with E-state index in [0.29, 0.717) is 42.5 Å². The first-order valence-corrected chi connectivity index (χ1v) is 37.1. The molecule has 0 aromatic heterocycles. The molecule has 6 aliphatic heterocycles. The quantitative estimate of drug-likeness (QED) is 0.0501. The molecular weight excluding hydrogens is 1820 g/mol. The molecule has 134 heavy (non-hydrogen) atoms. The van der Waals surface area contributed by atoms with E-state index in [0.717, 1.165) is 0 Å². The summed E-state index contributed by atoms with van der Waals surface area (Å²) in [5, 5.41) is 333. The Kier molecular flexibility index (Phi) is 21.8. The first-order valence-electron chi connectivity index (χ1n) is 37.1. The second kappa shape index (κ2) is 32.6. The summed E-state index contributed by atoms with van der Waals surface area (Å²) in [4.78, 5) is 150. The second-order valence-electron chi connectivity index (χ2n) is 29.2. The number of carbonyl (C=O) groups excluding carboxylic acids is 10. The van der Waals surface area contributed by atoms with Gasteiger partial charge in [0.25, 0.3) is 0 Å². The van der Waals surface area contributed by atoms with E-state index >= 15 is 19.2 Å². The van der Waals surface area contributed by atoms with E-state index in [1.807, 2.05) is 0 Å². The molecule has 0 saturated carbocycles. The fourth-order valence-corrected chi connectivity index (χ4v) is 14.8. The highest BCUT2D eigenvalue weighted by molar-refractivity contribution is 6.13. The monoisotopic (exact) mass is 1870 g/mol. The number of carbonyl (C=O) groups is 10. The van der Waals surface area contributed by atoms with Crippen LogP contribution in [0, 0.1) is 0 Å². The highest BCUT2D eigenvalue weighted by Gasteiger charge is 2.58. The Labute approximate surface area is 735 Å². The molecular formula is C82H56O52. The Bertz CT molecular complexity index is 6840. The fourth-order valence-electron chi connectivity index (χ4n) is 14.8. The Morgan fingerprint density at radius 1 is 0.276 bits per heavy atom. The Balaban J connectivity index is 0.877. The van der Waals surface area contributed by atoms with E-state index in [2.05, 4.69) is 0 Å². The summed E-state index contributed by atoms with van der Waals surface area (Å²) >= 11 is 0. The Morgan fingerprint density at radius 2 is 0.612 bits per heavy atom. The third-order valence-electron chi connectivity index (χ3n) is 21.2. The van der Waals surface area contributed by atoms with Crippen molar-refractivity contribution in [2.45, 2.75) is 61.2 Å². The molecule has 10 aromatic rings. The summed E-state index contributed by atoms with van der Waals surface area (Å²) in [6, 6.07) is 3.20. The molecule has 1 fully saturated rings. The summed E-state index contributed by atoms with van der Waals surface area (Å²) < 4.78 is 68.3. The number of esters is 10. The summed E-state index contributed by atoms with van der Waals surface area (Å²) in [5.74, 6) is -69.5. The predicted molar refractivity (Wildman–Crippen MR) is 414 cm³/mol. The van der Waals surface area contributed by atoms with Crippen LogP contribution in [0.1, 0.15) is 115 Å². The average Bonchev–Trinajstić information content (AvgIpc) is 0.738. The normalized spacial score (nSPS) is 19.5. The van der Waals surface area contributed by atoms with Crippen LogP contribution in [0.25, 0.3) is 33.4 Å². The third kappa shape index (κ3) is 14.6. The Hall–Kier alpha value is -19.2. The maximum Gasteiger partial charge on any atom is 0.344 e. The maximum absolute atomic E-state index is 15.6. The fraction of sp³-hybridized carbons (Fsp3) is 0.146. The molecule has 0 amide bonds. The van der Waals surface area contributed by atoms with Gasteiger partial charge in [0, 0.05) is 51.1 Å². The highest BCUT2D eigenvalue weighted by atomic mass is 16.8. The smallest absolute Gasteiger partial charge is 0.344 e. The number of hydrogen-bond acceptors (Lipinski definition) is 52. The van der Waals surface area contributed by atoms with Gasteiger partial charge in [-0.2, -0.15) is 0 Å². The number of phenols is 29. The molecule has 30 N–H and O–H groups in total. The lowest BCUT2D eigenvalue weighted by Crippen LogP contribution is -2.63. The van der Waals surface area contributed by atoms with Gasteiger partial charge in [-0.25, -0.2) is 47.9 Å². The number of benzene rings is 10. The minimum absolute atomic E-state index is 0.0534. The van der Waals surface area contributed by atoms with Gasteiger partial charge in [-0.3, -0.25) is 0 Å². The standard InChI is InChI=1S/C82H56O52/c83-24-1-15(2-25(84)46(24)94)72(113)126-36-13-123-76(117)22-12-35(54(102)59(107)41(22)40-20(9-32(91)51(99)57(40)105)77(118)128-66(36)69-68-62(110)45-44(81(122)130-68)43(60(108)63(111)61(45)109)42-21(79(120)132-69)10-33(92)52(100)58(42)106)125-65-23(11-34(93)53(101)64(65)112)80(121)134-82-71(133-74(115)17-5-28(87)48(96)29(88)6-17)70(131-73(114)16-3-26(85)47(95)27(86)4-16)67-37(127-82)14-124-75(116)18-7-30(89)49(97)55(103)38(18)39-19(78(119)129-67)8-31(90)50(98)56(39)104/h1-12,36-37,62,66-71,82-112H,13-14H2/t36-,37-,62-,66-,67-,68+,69+,70+,71-,82+/m1/s1. The van der Waals surface area contributed by atoms with Crippen LogP contribution in [0.15, 0.2) is 72.8 Å². The number of ether oxygens (including phenoxy) is 12. The molecule has 6 heterocycles. The zero-order chi connectivity index (χ0) is 97.6. The predicted octanol–water partition coefficient (Wildman–Crippen LogP) is 3.40. The van der Waals surface area contributed by atoms with Gasteiger partial charge >= 0.3 is 59.7 Å². The second-order valence-corrected chi connectivity index (χ2v) is 29.2. The molecule has 0 spiro atoms. The summed E-state index contributed by atoms with van der Waals surface area (Å²) in [6.07, 6.45) is -29.7. The van der Waals surface area contributed by atoms with Gasteiger partial charge < -0.3 is 210 Å². The Morgan fingerprint density at radius 3 is 1.05 bits per heavy atom. The third-order valence-corrected chi connectivity index (χ3v) is 21.2. The number of fused-ring (bicyclic) bond motifs is 10. The van der Waals surface area contributed by atoms with Gasteiger partial charge in [0.1, 0.15) is 31.0 Å². The molecule has 52 nitrogen and oxygen atoms in total. The number of rotatable bonds is 11. The van der Waals surface area contributed by atoms with Crippen LogP contribution < -0.4 is 4.74 Å². The number of hydrogen-bond donors (Lipinski definition) is 30. The van der Waals surface area contributed by atoms with E-state index in [-0.39, 0.29) is 30.3 Å². The number of aromatic hydroxyl groups is 29. The summed E-state index contributed by atoms with van der Waals surface area (Å²) in [6.45, 7) is -3.53. The van der Waals surface area contributed by atoms with E-state index in [4.69, 9.17) is 56.8 Å². The van der Waals surface area contributed by atoms with Gasteiger partial charge in [-0.1, -0.05) is 0 Å². The van der Waals surface area contributed by atoms with Crippen LogP contribution in [-0.4, -0.2) is 281 Å². The minimum Gasteiger partial charge on any atom is -0.504 e. The van der Waals surface area contributed by atoms with E-state index < -0.39 is 407 Å². The largest absolute Gasteiger partial charge is 0.504 e. The molecule has 0 unspecified atom stereocenters. The van der Waals surface area contributed by atoms with Gasteiger partial charge in [-0.05, 0) is 60.7 Å². The number of aliphatic hydroxyl groups is 1. The molecule has 696 valence electrons. The van der Waals surface area contributed by atoms with Crippen molar-refractivity contribution < 1.29 is 258 Å². The molecule has 4 bridgehead atoms. The lowest BCUT2D eigenvalue weighted by Gasteiger charge is -2.43. The molecule has 16 rings (SSSR count). The van der Waals surface area contributed by atoms with E-state index in [9.17, 15) is 182 Å². The molecule has 1 saturated heterocycles. The lowest BCUT2D eigenvalue weighted by molar-refractivity contribution is -0.282. The van der Waals surface area contributed by atoms with Crippen molar-refractivity contribution in [1.29, 1.82) is 0 Å². The molecule has 10 aromatic carbocycles. The summed E-state index contributed by atoms with van der Waals surface area (Å²) in [5.41, 5.74) is -22.8. The molecule has 52 heteroatoms. The first kappa shape index (κ1) is 89.6. The van der Waals surface area contributed by atoms with Crippen molar-refractivity contribution in [3.8, 4) is 212 Å². The SMILES string of the molecule is O=C(O[C@@H]1[C@@H](OC(=O)c2cc(O)c(O)c(O)c2)[C@H](OC(=O)c2cc(O)c(O)c(O)c2Oc2cc3c(c(O)c2O)-c2c(cc(O)c(O)c2O)C(=O)O[C@@H]([C@@H]2OC(=O)c4cc(O)c(O)c(O)c4-c4c(O)c(O)c(O)c5c4C(=O)O[C@H]2[C@@H]5O)[C@H](OC(=O)c2cc(O)c(O)c(O)c2)COC3=O)O[C@@H]2COC(=O)c3cc(O)c(O)c(O)c3-c3c(cc(O)c(O)c3O)C(=O)O[C@@H]12)c1cc(O)c(O)c(O)c1. The zero-order valence-corrected chi connectivity index (χ0v) is 65.5. The van der Waals surface area contributed by atoms with Gasteiger partial charge in [0.2, 0.25) is 58.4 Å². The van der Waals surface area contributed by atoms with Crippen LogP contribution in [0.5, 0.6) is 178 Å². The number of aliphatic hydroxyl groups excluding tert-OH is 1. The van der Waals surface area contributed by atoms with Crippen molar-refractivity contribution in [2.24, 2.45) is 0 Å². The van der Waals surface area contributed by atoms with Crippen molar-refractivity contribution in [2.75, 3.05) is 13.2 Å². The van der Waals surface area contributed by atoms with Gasteiger partial charge in [-0.15, -0.1) is 0 Å². The van der Waals surface area contributed by atoms with E-state index in [1.54, 1.807) is 0 Å². The number of phenolic OH excluding ortho intramolecular Hbond substituents is 29. The van der Waals surface area contributed by atoms with Crippen LogP contribution in [0.2, 0.25) is 0 Å². The van der Waals surface area contributed by atoms with Gasteiger partial charge in [0.05, 0.1) is 50.1 Å². The average molecular weight is 1870 g/mol. The first-order chi connectivity index (χ1) is 63.0. The summed E-state index contributed by atoms with van der Waals surface area (Å²) in [7, 11) is 0. The van der Waals surface area contributed by atoms with E-state index in [1.165, 1.54) is 0 Å². The van der Waals surface area contributed by atoms with Gasteiger partial charge in [0.15, 0.2) is 169 Å². The van der Waals surface area contributed by atoms with Crippen LogP contribution in [-0.2, 0) is 52.1 Å². The molecule has 0 aliphatic carbocycles.